The first kappa shape index (κ1) is 15.9. The third-order valence-electron chi connectivity index (χ3n) is 3.88. The van der Waals surface area contributed by atoms with Crippen LogP contribution in [0.25, 0.3) is 0 Å². The van der Waals surface area contributed by atoms with Gasteiger partial charge in [-0.2, -0.15) is 0 Å². The normalized spacial score (nSPS) is 16.5. The first-order chi connectivity index (χ1) is 10.0. The maximum atomic E-state index is 14.1. The molecule has 0 unspecified atom stereocenters. The number of halogens is 1. The lowest BCUT2D eigenvalue weighted by Crippen LogP contribution is -2.48. The molecule has 1 aliphatic rings. The van der Waals surface area contributed by atoms with Gasteiger partial charge in [-0.05, 0) is 14.1 Å². The van der Waals surface area contributed by atoms with Gasteiger partial charge in [-0.15, -0.1) is 0 Å². The van der Waals surface area contributed by atoms with Crippen molar-refractivity contribution in [3.05, 3.63) is 17.9 Å². The van der Waals surface area contributed by atoms with E-state index in [0.717, 1.165) is 39.3 Å². The molecule has 1 heterocycles. The number of anilines is 2. The van der Waals surface area contributed by atoms with Crippen LogP contribution >= 0.6 is 0 Å². The molecule has 2 N–H and O–H groups in total. The van der Waals surface area contributed by atoms with Crippen molar-refractivity contribution >= 4 is 11.4 Å². The fraction of sp³-hybridized carbons (Fsp3) is 0.600. The number of benzene rings is 1. The quantitative estimate of drug-likeness (QED) is 0.825. The van der Waals surface area contributed by atoms with Crippen LogP contribution in [0.1, 0.15) is 0 Å². The van der Waals surface area contributed by atoms with E-state index in [1.807, 2.05) is 0 Å². The minimum Gasteiger partial charge on any atom is -0.495 e. The van der Waals surface area contributed by atoms with Crippen LogP contribution in [0.15, 0.2) is 12.1 Å². The molecule has 1 aromatic carbocycles. The predicted octanol–water partition coefficient (Wildman–Crippen LogP) is 1.10. The van der Waals surface area contributed by atoms with Crippen LogP contribution in [0, 0.1) is 5.82 Å². The van der Waals surface area contributed by atoms with Crippen LogP contribution in [0.2, 0.25) is 0 Å². The highest BCUT2D eigenvalue weighted by Crippen LogP contribution is 2.31. The molecule has 1 saturated heterocycles. The summed E-state index contributed by atoms with van der Waals surface area (Å²) in [5.41, 5.74) is 6.64. The van der Waals surface area contributed by atoms with E-state index in [1.165, 1.54) is 6.07 Å². The summed E-state index contributed by atoms with van der Waals surface area (Å²) in [6.07, 6.45) is 0. The summed E-state index contributed by atoms with van der Waals surface area (Å²) >= 11 is 0. The molecule has 0 amide bonds. The standard InChI is InChI=1S/C15H25FN4O/c1-18(2)4-5-19-6-8-20(9-7-19)14-11-15(21-3)13(17)10-12(14)16/h10-11H,4-9,17H2,1-3H3. The summed E-state index contributed by atoms with van der Waals surface area (Å²) < 4.78 is 19.3. The van der Waals surface area contributed by atoms with Gasteiger partial charge in [0.15, 0.2) is 0 Å². The minimum absolute atomic E-state index is 0.282. The van der Waals surface area contributed by atoms with Gasteiger partial charge in [0.25, 0.3) is 0 Å². The molecule has 5 nitrogen and oxygen atoms in total. The second-order valence-electron chi connectivity index (χ2n) is 5.68. The van der Waals surface area contributed by atoms with Gasteiger partial charge in [0.1, 0.15) is 11.6 Å². The van der Waals surface area contributed by atoms with E-state index in [0.29, 0.717) is 17.1 Å². The molecule has 1 aromatic rings. The fourth-order valence-electron chi connectivity index (χ4n) is 2.53. The van der Waals surface area contributed by atoms with Crippen LogP contribution in [0.5, 0.6) is 5.75 Å². The molecule has 0 spiro atoms. The van der Waals surface area contributed by atoms with Crippen molar-refractivity contribution in [3.8, 4) is 5.75 Å². The first-order valence-corrected chi connectivity index (χ1v) is 7.26. The molecule has 2 rings (SSSR count). The third-order valence-corrected chi connectivity index (χ3v) is 3.88. The van der Waals surface area contributed by atoms with E-state index >= 15 is 0 Å². The van der Waals surface area contributed by atoms with Crippen LogP contribution in [-0.4, -0.2) is 70.3 Å². The van der Waals surface area contributed by atoms with Crippen LogP contribution < -0.4 is 15.4 Å². The molecule has 21 heavy (non-hydrogen) atoms. The maximum absolute atomic E-state index is 14.1. The summed E-state index contributed by atoms with van der Waals surface area (Å²) in [7, 11) is 5.70. The van der Waals surface area contributed by atoms with Crippen LogP contribution in [0.3, 0.4) is 0 Å². The zero-order chi connectivity index (χ0) is 15.4. The maximum Gasteiger partial charge on any atom is 0.148 e. The highest BCUT2D eigenvalue weighted by Gasteiger charge is 2.20. The first-order valence-electron chi connectivity index (χ1n) is 7.26. The number of hydrogen-bond acceptors (Lipinski definition) is 5. The second kappa shape index (κ2) is 6.95. The van der Waals surface area contributed by atoms with Crippen molar-refractivity contribution < 1.29 is 9.13 Å². The van der Waals surface area contributed by atoms with Crippen LogP contribution in [0.4, 0.5) is 15.8 Å². The lowest BCUT2D eigenvalue weighted by molar-refractivity contribution is 0.229. The Morgan fingerprint density at radius 3 is 2.48 bits per heavy atom. The molecular weight excluding hydrogens is 271 g/mol. The Morgan fingerprint density at radius 1 is 1.24 bits per heavy atom. The highest BCUT2D eigenvalue weighted by molar-refractivity contribution is 5.63. The van der Waals surface area contributed by atoms with Gasteiger partial charge < -0.3 is 20.3 Å². The summed E-state index contributed by atoms with van der Waals surface area (Å²) in [6, 6.07) is 3.03. The van der Waals surface area contributed by atoms with Gasteiger partial charge in [0, 0.05) is 51.4 Å². The second-order valence-corrected chi connectivity index (χ2v) is 5.68. The summed E-state index contributed by atoms with van der Waals surface area (Å²) in [5, 5.41) is 0. The number of piperazine rings is 1. The van der Waals surface area contributed by atoms with Crippen molar-refractivity contribution in [1.82, 2.24) is 9.80 Å². The molecule has 6 heteroatoms. The van der Waals surface area contributed by atoms with Crippen molar-refractivity contribution in [3.63, 3.8) is 0 Å². The lowest BCUT2D eigenvalue weighted by atomic mass is 10.2. The van der Waals surface area contributed by atoms with E-state index in [2.05, 4.69) is 28.8 Å². The van der Waals surface area contributed by atoms with Gasteiger partial charge >= 0.3 is 0 Å². The molecule has 1 aliphatic heterocycles. The number of methoxy groups -OCH3 is 1. The van der Waals surface area contributed by atoms with E-state index in [4.69, 9.17) is 10.5 Å². The van der Waals surface area contributed by atoms with Gasteiger partial charge in [-0.25, -0.2) is 4.39 Å². The Bertz CT molecular complexity index is 473. The Hall–Kier alpha value is -1.53. The Balaban J connectivity index is 1.99. The van der Waals surface area contributed by atoms with Gasteiger partial charge in [0.2, 0.25) is 0 Å². The fourth-order valence-corrected chi connectivity index (χ4v) is 2.53. The zero-order valence-electron chi connectivity index (χ0n) is 13.1. The number of rotatable bonds is 5. The molecule has 0 radical (unpaired) electrons. The SMILES string of the molecule is COc1cc(N2CCN(CCN(C)C)CC2)c(F)cc1N. The lowest BCUT2D eigenvalue weighted by Gasteiger charge is -2.36. The summed E-state index contributed by atoms with van der Waals surface area (Å²) in [5.74, 6) is 0.247. The number of nitrogens with zero attached hydrogens (tertiary/aromatic N) is 3. The molecule has 1 fully saturated rings. The van der Waals surface area contributed by atoms with Gasteiger partial charge in [-0.3, -0.25) is 4.90 Å². The molecule has 0 aliphatic carbocycles. The molecule has 0 atom stereocenters. The minimum atomic E-state index is -0.282. The zero-order valence-corrected chi connectivity index (χ0v) is 13.1. The van der Waals surface area contributed by atoms with Gasteiger partial charge in [-0.1, -0.05) is 0 Å². The number of ether oxygens (including phenoxy) is 1. The van der Waals surface area contributed by atoms with E-state index < -0.39 is 0 Å². The van der Waals surface area contributed by atoms with Crippen molar-refractivity contribution in [2.45, 2.75) is 0 Å². The van der Waals surface area contributed by atoms with E-state index in [1.54, 1.807) is 13.2 Å². The topological polar surface area (TPSA) is 45.0 Å². The number of nitrogen functional groups attached to an aromatic ring is 1. The summed E-state index contributed by atoms with van der Waals surface area (Å²) in [6.45, 7) is 5.62. The Kier molecular flexibility index (Phi) is 5.25. The average molecular weight is 296 g/mol. The van der Waals surface area contributed by atoms with Crippen molar-refractivity contribution in [2.24, 2.45) is 0 Å². The molecule has 0 bridgehead atoms. The third kappa shape index (κ3) is 3.98. The number of likely N-dealkylation sites (N-methyl/N-ethyl adjacent to an activating group) is 1. The predicted molar refractivity (Wildman–Crippen MR) is 84.6 cm³/mol. The smallest absolute Gasteiger partial charge is 0.148 e. The number of nitrogens with two attached hydrogens (primary N) is 1. The van der Waals surface area contributed by atoms with E-state index in [9.17, 15) is 4.39 Å². The molecule has 0 aromatic heterocycles. The van der Waals surface area contributed by atoms with Crippen molar-refractivity contribution in [1.29, 1.82) is 0 Å². The average Bonchev–Trinajstić information content (AvgIpc) is 2.46. The van der Waals surface area contributed by atoms with Gasteiger partial charge in [0.05, 0.1) is 18.5 Å². The largest absolute Gasteiger partial charge is 0.495 e. The summed E-state index contributed by atoms with van der Waals surface area (Å²) in [4.78, 5) is 6.64. The van der Waals surface area contributed by atoms with Crippen molar-refractivity contribution in [2.75, 3.05) is 71.1 Å². The molecular formula is C15H25FN4O. The highest BCUT2D eigenvalue weighted by atomic mass is 19.1. The molecule has 0 saturated carbocycles. The van der Waals surface area contributed by atoms with E-state index in [-0.39, 0.29) is 5.82 Å². The Morgan fingerprint density at radius 2 is 1.90 bits per heavy atom. The molecule has 118 valence electrons. The van der Waals surface area contributed by atoms with Crippen LogP contribution in [-0.2, 0) is 0 Å². The monoisotopic (exact) mass is 296 g/mol. The Labute approximate surface area is 126 Å². The number of hydrogen-bond donors (Lipinski definition) is 1.